The van der Waals surface area contributed by atoms with Gasteiger partial charge in [0.05, 0.1) is 0 Å². The summed E-state index contributed by atoms with van der Waals surface area (Å²) in [4.78, 5) is 10.9. The number of rotatable bonds is 4. The summed E-state index contributed by atoms with van der Waals surface area (Å²) in [6, 6.07) is 0. The third-order valence-electron chi connectivity index (χ3n) is 2.00. The normalized spacial score (nSPS) is 12.7. The Bertz CT molecular complexity index is 234. The van der Waals surface area contributed by atoms with Crippen molar-refractivity contribution in [3.8, 4) is 0 Å². The van der Waals surface area contributed by atoms with Crippen LogP contribution in [0.1, 0.15) is 27.7 Å². The van der Waals surface area contributed by atoms with Crippen LogP contribution >= 0.6 is 0 Å². The van der Waals surface area contributed by atoms with Crippen molar-refractivity contribution in [2.45, 2.75) is 27.7 Å². The molecule has 74 valence electrons. The molecule has 0 heterocycles. The summed E-state index contributed by atoms with van der Waals surface area (Å²) in [7, 11) is 1.88. The number of ketones is 1. The van der Waals surface area contributed by atoms with Gasteiger partial charge < -0.3 is 5.32 Å². The Hall–Kier alpha value is -1.05. The van der Waals surface area contributed by atoms with Gasteiger partial charge in [0.15, 0.2) is 0 Å². The lowest BCUT2D eigenvalue weighted by Gasteiger charge is -2.04. The molecule has 0 spiro atoms. The molecule has 0 bridgehead atoms. The van der Waals surface area contributed by atoms with E-state index in [1.54, 1.807) is 6.92 Å². The van der Waals surface area contributed by atoms with Crippen LogP contribution < -0.4 is 5.32 Å². The van der Waals surface area contributed by atoms with Crippen LogP contribution in [0.4, 0.5) is 0 Å². The third kappa shape index (κ3) is 4.51. The highest BCUT2D eigenvalue weighted by Gasteiger charge is 2.01. The van der Waals surface area contributed by atoms with E-state index in [1.165, 1.54) is 5.57 Å². The molecule has 0 radical (unpaired) electrons. The fourth-order valence-electron chi connectivity index (χ4n) is 0.876. The summed E-state index contributed by atoms with van der Waals surface area (Å²) in [5.41, 5.74) is 2.29. The van der Waals surface area contributed by atoms with Crippen molar-refractivity contribution in [1.29, 1.82) is 0 Å². The molecular weight excluding hydrogens is 162 g/mol. The predicted molar refractivity (Wildman–Crippen MR) is 56.4 cm³/mol. The van der Waals surface area contributed by atoms with Crippen LogP contribution in [0.2, 0.25) is 0 Å². The van der Waals surface area contributed by atoms with Crippen molar-refractivity contribution in [3.63, 3.8) is 0 Å². The van der Waals surface area contributed by atoms with Crippen molar-refractivity contribution in [2.24, 2.45) is 5.92 Å². The van der Waals surface area contributed by atoms with E-state index in [2.05, 4.69) is 5.32 Å². The number of hydrogen-bond acceptors (Lipinski definition) is 2. The molecule has 1 N–H and O–H groups in total. The van der Waals surface area contributed by atoms with E-state index in [0.29, 0.717) is 0 Å². The zero-order valence-corrected chi connectivity index (χ0v) is 9.14. The average molecular weight is 181 g/mol. The van der Waals surface area contributed by atoms with Gasteiger partial charge >= 0.3 is 0 Å². The second kappa shape index (κ2) is 5.57. The van der Waals surface area contributed by atoms with Gasteiger partial charge in [0, 0.05) is 18.7 Å². The first-order valence-electron chi connectivity index (χ1n) is 4.53. The molecule has 1 atom stereocenters. The van der Waals surface area contributed by atoms with Gasteiger partial charge in [0.1, 0.15) is 5.78 Å². The number of carbonyl (C=O) groups is 1. The second-order valence-corrected chi connectivity index (χ2v) is 3.42. The van der Waals surface area contributed by atoms with E-state index in [0.717, 1.165) is 5.70 Å². The highest BCUT2D eigenvalue weighted by molar-refractivity contribution is 5.79. The van der Waals surface area contributed by atoms with E-state index in [-0.39, 0.29) is 11.7 Å². The molecule has 1 unspecified atom stereocenters. The minimum absolute atomic E-state index is 0.00250. The quantitative estimate of drug-likeness (QED) is 0.674. The smallest absolute Gasteiger partial charge is 0.136 e. The lowest BCUT2D eigenvalue weighted by molar-refractivity contribution is -0.118. The van der Waals surface area contributed by atoms with Gasteiger partial charge in [-0.15, -0.1) is 0 Å². The zero-order chi connectivity index (χ0) is 10.4. The number of likely N-dealkylation sites (N-methyl/N-ethyl adjacent to an activating group) is 1. The van der Waals surface area contributed by atoms with E-state index in [9.17, 15) is 4.79 Å². The van der Waals surface area contributed by atoms with Gasteiger partial charge in [-0.25, -0.2) is 0 Å². The van der Waals surface area contributed by atoms with Crippen LogP contribution in [0.15, 0.2) is 23.4 Å². The topological polar surface area (TPSA) is 29.1 Å². The summed E-state index contributed by atoms with van der Waals surface area (Å²) in [6.07, 6.45) is 3.88. The van der Waals surface area contributed by atoms with Crippen LogP contribution in [-0.4, -0.2) is 12.8 Å². The highest BCUT2D eigenvalue weighted by Crippen LogP contribution is 2.04. The fraction of sp³-hybridized carbons (Fsp3) is 0.545. The van der Waals surface area contributed by atoms with E-state index < -0.39 is 0 Å². The first kappa shape index (κ1) is 11.9. The van der Waals surface area contributed by atoms with Crippen molar-refractivity contribution in [1.82, 2.24) is 5.32 Å². The van der Waals surface area contributed by atoms with Gasteiger partial charge in [0.25, 0.3) is 0 Å². The van der Waals surface area contributed by atoms with Crippen molar-refractivity contribution in [3.05, 3.63) is 23.4 Å². The van der Waals surface area contributed by atoms with Crippen molar-refractivity contribution < 1.29 is 4.79 Å². The molecule has 2 nitrogen and oxygen atoms in total. The van der Waals surface area contributed by atoms with Crippen molar-refractivity contribution >= 4 is 5.78 Å². The molecule has 0 aromatic rings. The van der Waals surface area contributed by atoms with Crippen LogP contribution in [0.25, 0.3) is 0 Å². The van der Waals surface area contributed by atoms with E-state index in [4.69, 9.17) is 0 Å². The average Bonchev–Trinajstić information content (AvgIpc) is 2.04. The molecule has 2 heteroatoms. The van der Waals surface area contributed by atoms with Gasteiger partial charge in [0.2, 0.25) is 0 Å². The van der Waals surface area contributed by atoms with Gasteiger partial charge in [-0.1, -0.05) is 18.6 Å². The first-order valence-corrected chi connectivity index (χ1v) is 4.53. The lowest BCUT2D eigenvalue weighted by Crippen LogP contribution is -2.07. The number of carbonyl (C=O) groups excluding carboxylic acids is 1. The van der Waals surface area contributed by atoms with Gasteiger partial charge in [-0.3, -0.25) is 4.79 Å². The van der Waals surface area contributed by atoms with Crippen LogP contribution in [0.3, 0.4) is 0 Å². The molecule has 0 aliphatic carbocycles. The summed E-state index contributed by atoms with van der Waals surface area (Å²) in [5, 5.41) is 3.08. The highest BCUT2D eigenvalue weighted by atomic mass is 16.1. The maximum Gasteiger partial charge on any atom is 0.136 e. The third-order valence-corrected chi connectivity index (χ3v) is 2.00. The monoisotopic (exact) mass is 181 g/mol. The predicted octanol–water partition coefficient (Wildman–Crippen LogP) is 2.28. The first-order chi connectivity index (χ1) is 5.99. The summed E-state index contributed by atoms with van der Waals surface area (Å²) < 4.78 is 0. The number of hydrogen-bond donors (Lipinski definition) is 1. The minimum Gasteiger partial charge on any atom is -0.388 e. The van der Waals surface area contributed by atoms with Crippen LogP contribution in [0.5, 0.6) is 0 Å². The Labute approximate surface area is 80.7 Å². The Morgan fingerprint density at radius 1 is 1.31 bits per heavy atom. The molecule has 0 fully saturated rings. The second-order valence-electron chi connectivity index (χ2n) is 3.42. The molecule has 0 aliphatic rings. The van der Waals surface area contributed by atoms with Gasteiger partial charge in [-0.05, 0) is 26.8 Å². The number of Topliss-reactive ketones (excluding diaryl/α,β-unsaturated/α-hetero) is 1. The zero-order valence-electron chi connectivity index (χ0n) is 9.14. The van der Waals surface area contributed by atoms with Crippen LogP contribution in [0, 0.1) is 5.92 Å². The van der Waals surface area contributed by atoms with E-state index >= 15 is 0 Å². The van der Waals surface area contributed by atoms with Crippen molar-refractivity contribution in [2.75, 3.05) is 7.05 Å². The Kier molecular flexibility index (Phi) is 5.12. The van der Waals surface area contributed by atoms with Gasteiger partial charge in [-0.2, -0.15) is 0 Å². The molecule has 13 heavy (non-hydrogen) atoms. The standard InChI is InChI=1S/C11H19NO/c1-8(2)11(12-5)7-6-9(3)10(4)13/h6-7,9,12H,1-5H3/b7-6-. The molecule has 0 aromatic carbocycles. The maximum absolute atomic E-state index is 10.9. The molecule has 0 aliphatic heterocycles. The molecule has 0 amide bonds. The Morgan fingerprint density at radius 2 is 1.85 bits per heavy atom. The summed E-state index contributed by atoms with van der Waals surface area (Å²) in [6.45, 7) is 7.58. The molecule has 0 rings (SSSR count). The molecule has 0 saturated heterocycles. The minimum atomic E-state index is 0.00250. The summed E-state index contributed by atoms with van der Waals surface area (Å²) >= 11 is 0. The number of allylic oxidation sites excluding steroid dienone is 3. The van der Waals surface area contributed by atoms with E-state index in [1.807, 2.05) is 40.0 Å². The molecular formula is C11H19NO. The Balaban J connectivity index is 4.42. The maximum atomic E-state index is 10.9. The largest absolute Gasteiger partial charge is 0.388 e. The molecule has 0 saturated carbocycles. The SMILES string of the molecule is CNC(/C=C\C(C)C(C)=O)=C(C)C. The molecule has 0 aromatic heterocycles. The lowest BCUT2D eigenvalue weighted by atomic mass is 10.1. The summed E-state index contributed by atoms with van der Waals surface area (Å²) in [5.74, 6) is 0.197. The van der Waals surface area contributed by atoms with Crippen LogP contribution in [-0.2, 0) is 4.79 Å². The number of nitrogens with one attached hydrogen (secondary N) is 1. The Morgan fingerprint density at radius 3 is 2.15 bits per heavy atom. The fourth-order valence-corrected chi connectivity index (χ4v) is 0.876.